The van der Waals surface area contributed by atoms with E-state index in [1.165, 1.54) is 55.9 Å². The van der Waals surface area contributed by atoms with Crippen LogP contribution in [-0.2, 0) is 11.8 Å². The molecule has 0 spiro atoms. The second-order valence-corrected chi connectivity index (χ2v) is 10.6. The Morgan fingerprint density at radius 2 is 1.79 bits per heavy atom. The van der Waals surface area contributed by atoms with Gasteiger partial charge in [0.15, 0.2) is 11.0 Å². The lowest BCUT2D eigenvalue weighted by Gasteiger charge is -2.56. The van der Waals surface area contributed by atoms with E-state index in [0.717, 1.165) is 40.8 Å². The summed E-state index contributed by atoms with van der Waals surface area (Å²) in [6.45, 7) is 2.94. The number of thioether (sulfide) groups is 1. The zero-order valence-electron chi connectivity index (χ0n) is 17.4. The summed E-state index contributed by atoms with van der Waals surface area (Å²) >= 11 is 1.47. The largest absolute Gasteiger partial charge is 0.355 e. The summed E-state index contributed by atoms with van der Waals surface area (Å²) in [6, 6.07) is 8.18. The number of amides is 1. The Kier molecular flexibility index (Phi) is 4.93. The summed E-state index contributed by atoms with van der Waals surface area (Å²) in [7, 11) is 1.97. The van der Waals surface area contributed by atoms with Crippen LogP contribution in [0.2, 0.25) is 0 Å². The summed E-state index contributed by atoms with van der Waals surface area (Å²) < 4.78 is 1.99. The summed E-state index contributed by atoms with van der Waals surface area (Å²) in [4.78, 5) is 12.6. The van der Waals surface area contributed by atoms with Gasteiger partial charge >= 0.3 is 0 Å². The average molecular weight is 411 g/mol. The van der Waals surface area contributed by atoms with E-state index in [2.05, 4.69) is 34.6 Å². The highest BCUT2D eigenvalue weighted by atomic mass is 32.2. The number of aromatic nitrogens is 3. The minimum atomic E-state index is 0.117. The van der Waals surface area contributed by atoms with Crippen molar-refractivity contribution in [2.45, 2.75) is 50.6 Å². The smallest absolute Gasteiger partial charge is 0.230 e. The number of hydrogen-bond donors (Lipinski definition) is 1. The molecule has 0 unspecified atom stereocenters. The van der Waals surface area contributed by atoms with Crippen LogP contribution in [0.15, 0.2) is 29.4 Å². The molecule has 1 aromatic carbocycles. The highest BCUT2D eigenvalue weighted by Gasteiger charge is 2.50. The van der Waals surface area contributed by atoms with E-state index >= 15 is 0 Å². The fraction of sp³-hybridized carbons (Fsp3) is 0.609. The van der Waals surface area contributed by atoms with Crippen molar-refractivity contribution in [3.8, 4) is 11.4 Å². The SMILES string of the molecule is Cc1ccccc1-c1nnc(SCC(=O)NCC23CC4CC(CC(C4)C2)C3)n1C. The van der Waals surface area contributed by atoms with Crippen molar-refractivity contribution in [2.75, 3.05) is 12.3 Å². The van der Waals surface area contributed by atoms with Crippen molar-refractivity contribution in [2.24, 2.45) is 30.2 Å². The Hall–Kier alpha value is -1.82. The number of carbonyl (C=O) groups excluding carboxylic acids is 1. The summed E-state index contributed by atoms with van der Waals surface area (Å²) in [5.74, 6) is 4.13. The van der Waals surface area contributed by atoms with Gasteiger partial charge in [0.25, 0.3) is 0 Å². The molecule has 0 saturated heterocycles. The molecular weight excluding hydrogens is 380 g/mol. The second kappa shape index (κ2) is 7.46. The van der Waals surface area contributed by atoms with Gasteiger partial charge in [0.2, 0.25) is 5.91 Å². The van der Waals surface area contributed by atoms with Gasteiger partial charge in [-0.25, -0.2) is 0 Å². The van der Waals surface area contributed by atoms with E-state index in [1.807, 2.05) is 23.7 Å². The Morgan fingerprint density at radius 3 is 2.45 bits per heavy atom. The van der Waals surface area contributed by atoms with Crippen LogP contribution in [0.5, 0.6) is 0 Å². The quantitative estimate of drug-likeness (QED) is 0.725. The zero-order chi connectivity index (χ0) is 20.0. The lowest BCUT2D eigenvalue weighted by atomic mass is 9.49. The number of benzene rings is 1. The molecule has 4 aliphatic rings. The molecule has 1 amide bonds. The van der Waals surface area contributed by atoms with Gasteiger partial charge in [-0.1, -0.05) is 36.0 Å². The molecule has 6 rings (SSSR count). The molecule has 1 aromatic heterocycles. The minimum absolute atomic E-state index is 0.117. The molecule has 1 heterocycles. The van der Waals surface area contributed by atoms with Crippen LogP contribution in [0, 0.1) is 30.1 Å². The lowest BCUT2D eigenvalue weighted by Crippen LogP contribution is -2.51. The maximum absolute atomic E-state index is 12.6. The summed E-state index contributed by atoms with van der Waals surface area (Å²) in [6.07, 6.45) is 8.32. The molecule has 154 valence electrons. The molecule has 4 saturated carbocycles. The third-order valence-electron chi connectivity index (χ3n) is 7.38. The average Bonchev–Trinajstić information content (AvgIpc) is 3.04. The number of hydrogen-bond acceptors (Lipinski definition) is 4. The van der Waals surface area contributed by atoms with Crippen molar-refractivity contribution in [3.05, 3.63) is 29.8 Å². The van der Waals surface area contributed by atoms with Gasteiger partial charge in [-0.05, 0) is 74.2 Å². The van der Waals surface area contributed by atoms with Crippen molar-refractivity contribution in [1.29, 1.82) is 0 Å². The maximum atomic E-state index is 12.6. The molecule has 2 aromatic rings. The Labute approximate surface area is 177 Å². The van der Waals surface area contributed by atoms with Crippen molar-refractivity contribution in [3.63, 3.8) is 0 Å². The minimum Gasteiger partial charge on any atom is -0.355 e. The lowest BCUT2D eigenvalue weighted by molar-refractivity contribution is -0.120. The molecule has 4 aliphatic carbocycles. The van der Waals surface area contributed by atoms with Crippen LogP contribution >= 0.6 is 11.8 Å². The van der Waals surface area contributed by atoms with Crippen LogP contribution < -0.4 is 5.32 Å². The third-order valence-corrected chi connectivity index (χ3v) is 8.40. The van der Waals surface area contributed by atoms with Gasteiger partial charge in [0.1, 0.15) is 0 Å². The van der Waals surface area contributed by atoms with Gasteiger partial charge in [0.05, 0.1) is 5.75 Å². The van der Waals surface area contributed by atoms with E-state index in [-0.39, 0.29) is 5.91 Å². The monoisotopic (exact) mass is 410 g/mol. The molecular formula is C23H30N4OS. The first-order valence-electron chi connectivity index (χ1n) is 10.9. The standard InChI is InChI=1S/C23H30N4OS/c1-15-5-3-4-6-19(15)21-25-26-22(27(21)2)29-13-20(28)24-14-23-10-16-7-17(11-23)9-18(8-16)12-23/h3-6,16-18H,7-14H2,1-2H3,(H,24,28). The number of nitrogens with zero attached hydrogens (tertiary/aromatic N) is 3. The third kappa shape index (κ3) is 3.72. The predicted octanol–water partition coefficient (Wildman–Crippen LogP) is 4.22. The van der Waals surface area contributed by atoms with Crippen LogP contribution in [0.3, 0.4) is 0 Å². The van der Waals surface area contributed by atoms with Crippen LogP contribution in [0.1, 0.15) is 44.1 Å². The normalized spacial score (nSPS) is 29.9. The molecule has 5 nitrogen and oxygen atoms in total. The molecule has 0 atom stereocenters. The molecule has 0 aliphatic heterocycles. The molecule has 6 heteroatoms. The summed E-state index contributed by atoms with van der Waals surface area (Å²) in [5.41, 5.74) is 2.64. The van der Waals surface area contributed by atoms with E-state index in [0.29, 0.717) is 11.2 Å². The first-order valence-corrected chi connectivity index (χ1v) is 11.8. The van der Waals surface area contributed by atoms with Crippen molar-refractivity contribution < 1.29 is 4.79 Å². The number of aryl methyl sites for hydroxylation is 1. The zero-order valence-corrected chi connectivity index (χ0v) is 18.2. The van der Waals surface area contributed by atoms with E-state index in [4.69, 9.17) is 0 Å². The fourth-order valence-electron chi connectivity index (χ4n) is 6.47. The van der Waals surface area contributed by atoms with Crippen molar-refractivity contribution in [1.82, 2.24) is 20.1 Å². The Bertz CT molecular complexity index is 886. The predicted molar refractivity (Wildman–Crippen MR) is 116 cm³/mol. The second-order valence-electron chi connectivity index (χ2n) is 9.66. The Balaban J connectivity index is 1.17. The van der Waals surface area contributed by atoms with Gasteiger partial charge < -0.3 is 9.88 Å². The first kappa shape index (κ1) is 19.2. The molecule has 29 heavy (non-hydrogen) atoms. The van der Waals surface area contributed by atoms with E-state index in [9.17, 15) is 4.79 Å². The number of rotatable bonds is 6. The number of nitrogens with one attached hydrogen (secondary N) is 1. The highest BCUT2D eigenvalue weighted by molar-refractivity contribution is 7.99. The molecule has 4 fully saturated rings. The van der Waals surface area contributed by atoms with Gasteiger partial charge in [-0.2, -0.15) is 0 Å². The van der Waals surface area contributed by atoms with Crippen LogP contribution in [0.25, 0.3) is 11.4 Å². The van der Waals surface area contributed by atoms with Crippen molar-refractivity contribution >= 4 is 17.7 Å². The van der Waals surface area contributed by atoms with E-state index < -0.39 is 0 Å². The highest BCUT2D eigenvalue weighted by Crippen LogP contribution is 2.59. The molecule has 0 radical (unpaired) electrons. The first-order chi connectivity index (χ1) is 14.0. The van der Waals surface area contributed by atoms with Gasteiger partial charge in [-0.15, -0.1) is 10.2 Å². The van der Waals surface area contributed by atoms with Crippen LogP contribution in [0.4, 0.5) is 0 Å². The number of carbonyl (C=O) groups is 1. The van der Waals surface area contributed by atoms with Gasteiger partial charge in [-0.3, -0.25) is 4.79 Å². The van der Waals surface area contributed by atoms with Crippen LogP contribution in [-0.4, -0.2) is 33.0 Å². The molecule has 1 N–H and O–H groups in total. The maximum Gasteiger partial charge on any atom is 0.230 e. The fourth-order valence-corrected chi connectivity index (χ4v) is 7.21. The summed E-state index contributed by atoms with van der Waals surface area (Å²) in [5, 5.41) is 12.7. The topological polar surface area (TPSA) is 59.8 Å². The molecule has 4 bridgehead atoms. The Morgan fingerprint density at radius 1 is 1.14 bits per heavy atom. The van der Waals surface area contributed by atoms with E-state index in [1.54, 1.807) is 0 Å². The van der Waals surface area contributed by atoms with Gasteiger partial charge in [0, 0.05) is 19.2 Å².